The van der Waals surface area contributed by atoms with E-state index in [1.165, 1.54) is 0 Å². The molecule has 0 fully saturated rings. The zero-order chi connectivity index (χ0) is 32.4. The molecule has 0 radical (unpaired) electrons. The first kappa shape index (κ1) is 30.8. The molecule has 11 heteroatoms. The summed E-state index contributed by atoms with van der Waals surface area (Å²) >= 11 is 1.08. The van der Waals surface area contributed by atoms with Gasteiger partial charge in [0.05, 0.1) is 31.5 Å². The first-order valence-electron chi connectivity index (χ1n) is 14.3. The van der Waals surface area contributed by atoms with E-state index in [9.17, 15) is 14.7 Å². The summed E-state index contributed by atoms with van der Waals surface area (Å²) in [6, 6.07) is 21.5. The van der Waals surface area contributed by atoms with E-state index in [4.69, 9.17) is 23.7 Å². The molecule has 0 spiro atoms. The van der Waals surface area contributed by atoms with Crippen molar-refractivity contribution < 1.29 is 38.4 Å². The Morgan fingerprint density at radius 2 is 1.59 bits per heavy atom. The van der Waals surface area contributed by atoms with Gasteiger partial charge in [0.25, 0.3) is 5.79 Å². The molecule has 2 aliphatic heterocycles. The number of hydrogen-bond donors (Lipinski definition) is 1. The molecule has 1 aromatic heterocycles. The molecule has 7 rings (SSSR count). The van der Waals surface area contributed by atoms with Crippen molar-refractivity contribution in [2.45, 2.75) is 26.1 Å². The largest absolute Gasteiger partial charge is 0.496 e. The second-order valence-electron chi connectivity index (χ2n) is 10.8. The third-order valence-corrected chi connectivity index (χ3v) is 8.41. The van der Waals surface area contributed by atoms with E-state index in [0.29, 0.717) is 44.8 Å². The molecule has 0 saturated carbocycles. The van der Waals surface area contributed by atoms with Crippen LogP contribution < -0.4 is 18.9 Å². The van der Waals surface area contributed by atoms with Crippen molar-refractivity contribution in [1.29, 1.82) is 0 Å². The molecule has 2 aliphatic rings. The quantitative estimate of drug-likeness (QED) is 0.169. The van der Waals surface area contributed by atoms with E-state index in [-0.39, 0.29) is 18.8 Å². The van der Waals surface area contributed by atoms with Gasteiger partial charge in [0.2, 0.25) is 6.79 Å². The third kappa shape index (κ3) is 5.78. The second-order valence-corrected chi connectivity index (χ2v) is 11.3. The summed E-state index contributed by atoms with van der Waals surface area (Å²) in [6.07, 6.45) is 1.09. The Labute approximate surface area is 269 Å². The highest BCUT2D eigenvalue weighted by Crippen LogP contribution is 2.46. The predicted octanol–water partition coefficient (Wildman–Crippen LogP) is 5.95. The minimum atomic E-state index is -1.98. The van der Waals surface area contributed by atoms with Crippen LogP contribution in [0.2, 0.25) is 0 Å². The van der Waals surface area contributed by atoms with Crippen LogP contribution >= 0.6 is 11.7 Å². The highest BCUT2D eigenvalue weighted by atomic mass is 32.1. The molecular formula is C35H30N2O8S. The minimum absolute atomic E-state index is 0.117. The summed E-state index contributed by atoms with van der Waals surface area (Å²) in [5, 5.41) is 11.9. The Kier molecular flexibility index (Phi) is 8.44. The molecule has 0 aliphatic carbocycles. The monoisotopic (exact) mass is 638 g/mol. The van der Waals surface area contributed by atoms with Crippen molar-refractivity contribution in [2.75, 3.05) is 21.0 Å². The molecule has 1 unspecified atom stereocenters. The maximum Gasteiger partial charge on any atom is 0.342 e. The molecule has 0 bridgehead atoms. The van der Waals surface area contributed by atoms with Gasteiger partial charge in [0.1, 0.15) is 28.8 Å². The zero-order valence-electron chi connectivity index (χ0n) is 25.5. The van der Waals surface area contributed by atoms with Crippen LogP contribution in [0.5, 0.6) is 23.0 Å². The van der Waals surface area contributed by atoms with Crippen molar-refractivity contribution in [2.24, 2.45) is 0 Å². The number of cyclic esters (lactones) is 1. The number of carbonyl (C=O) groups excluding carboxylic acids is 2. The average Bonchev–Trinajstić information content (AvgIpc) is 3.79. The van der Waals surface area contributed by atoms with E-state index in [1.54, 1.807) is 68.8 Å². The number of aldehydes is 1. The van der Waals surface area contributed by atoms with Crippen LogP contribution in [0.1, 0.15) is 38.2 Å². The number of nitrogens with zero attached hydrogens (tertiary/aromatic N) is 2. The molecule has 46 heavy (non-hydrogen) atoms. The number of carbonyl (C=O) groups is 2. The van der Waals surface area contributed by atoms with Crippen molar-refractivity contribution in [3.8, 4) is 23.0 Å². The second kappa shape index (κ2) is 12.6. The van der Waals surface area contributed by atoms with Gasteiger partial charge in [0, 0.05) is 23.1 Å². The molecule has 4 aromatic carbocycles. The van der Waals surface area contributed by atoms with E-state index < -0.39 is 11.8 Å². The fourth-order valence-corrected chi connectivity index (χ4v) is 6.06. The maximum atomic E-state index is 13.3. The first-order chi connectivity index (χ1) is 22.2. The number of benzene rings is 4. The van der Waals surface area contributed by atoms with E-state index in [0.717, 1.165) is 46.2 Å². The van der Waals surface area contributed by atoms with E-state index in [2.05, 4.69) is 8.75 Å². The Balaban J connectivity index is 0.000000288. The number of methoxy groups -OCH3 is 2. The number of esters is 1. The van der Waals surface area contributed by atoms with Crippen LogP contribution in [-0.4, -0.2) is 47.1 Å². The number of aliphatic hydroxyl groups is 1. The van der Waals surface area contributed by atoms with Crippen molar-refractivity contribution >= 4 is 40.6 Å². The summed E-state index contributed by atoms with van der Waals surface area (Å²) in [5.74, 6) is 0.111. The fraction of sp³-hybridized carbons (Fsp3) is 0.200. The lowest BCUT2D eigenvalue weighted by Crippen LogP contribution is -2.29. The SMILES string of the molecule is COc1ccc(C=O)cc1C.COc1ccc(CC2=C(c3ccc4c(c3)OCO4)C(=O)OC2(O)c2ccc3nsnc3c2)cc1C. The maximum absolute atomic E-state index is 13.3. The van der Waals surface area contributed by atoms with Gasteiger partial charge < -0.3 is 28.8 Å². The summed E-state index contributed by atoms with van der Waals surface area (Å²) < 4.78 is 35.6. The lowest BCUT2D eigenvalue weighted by atomic mass is 9.87. The van der Waals surface area contributed by atoms with Crippen LogP contribution in [0.4, 0.5) is 0 Å². The van der Waals surface area contributed by atoms with Crippen LogP contribution in [0.15, 0.2) is 78.4 Å². The number of hydrogen-bond acceptors (Lipinski definition) is 11. The molecule has 234 valence electrons. The van der Waals surface area contributed by atoms with Gasteiger partial charge in [-0.1, -0.05) is 18.2 Å². The Morgan fingerprint density at radius 3 is 2.30 bits per heavy atom. The molecule has 10 nitrogen and oxygen atoms in total. The lowest BCUT2D eigenvalue weighted by molar-refractivity contribution is -0.185. The van der Waals surface area contributed by atoms with E-state index >= 15 is 0 Å². The van der Waals surface area contributed by atoms with Crippen molar-refractivity contribution in [3.63, 3.8) is 0 Å². The van der Waals surface area contributed by atoms with Crippen LogP contribution in [0, 0.1) is 13.8 Å². The van der Waals surface area contributed by atoms with Crippen LogP contribution in [0.3, 0.4) is 0 Å². The van der Waals surface area contributed by atoms with E-state index in [1.807, 2.05) is 32.0 Å². The molecular weight excluding hydrogens is 608 g/mol. The van der Waals surface area contributed by atoms with Gasteiger partial charge in [-0.15, -0.1) is 0 Å². The lowest BCUT2D eigenvalue weighted by Gasteiger charge is -2.26. The Bertz CT molecular complexity index is 2000. The normalized spacial score (nSPS) is 16.6. The van der Waals surface area contributed by atoms with Crippen LogP contribution in [0.25, 0.3) is 16.6 Å². The molecule has 5 aromatic rings. The third-order valence-electron chi connectivity index (χ3n) is 7.86. The van der Waals surface area contributed by atoms with Gasteiger partial charge in [-0.25, -0.2) is 4.79 Å². The topological polar surface area (TPSA) is 126 Å². The van der Waals surface area contributed by atoms with Gasteiger partial charge in [-0.05, 0) is 90.7 Å². The smallest absolute Gasteiger partial charge is 0.342 e. The fourth-order valence-electron chi connectivity index (χ4n) is 5.55. The summed E-state index contributed by atoms with van der Waals surface area (Å²) in [7, 11) is 3.23. The number of fused-ring (bicyclic) bond motifs is 2. The zero-order valence-corrected chi connectivity index (χ0v) is 26.3. The highest BCUT2D eigenvalue weighted by Gasteiger charge is 2.48. The number of aryl methyl sites for hydroxylation is 2. The summed E-state index contributed by atoms with van der Waals surface area (Å²) in [4.78, 5) is 23.6. The molecule has 3 heterocycles. The van der Waals surface area contributed by atoms with Crippen molar-refractivity contribution in [3.05, 3.63) is 112 Å². The van der Waals surface area contributed by atoms with Gasteiger partial charge >= 0.3 is 5.97 Å². The van der Waals surface area contributed by atoms with Crippen LogP contribution in [-0.2, 0) is 21.7 Å². The minimum Gasteiger partial charge on any atom is -0.496 e. The standard InChI is InChI=1S/C26H20N2O6S.C9H10O2/c1-14-9-15(3-7-21(14)31-2)10-18-24(16-4-8-22-23(11-16)33-13-32-22)25(29)34-26(18,30)17-5-6-19-20(12-17)28-35-27-19;1-7-5-8(6-10)3-4-9(7)11-2/h3-9,11-12,30H,10,13H2,1-2H3;3-6H,1-2H3. The Hall–Kier alpha value is -5.26. The molecule has 0 saturated heterocycles. The number of aromatic nitrogens is 2. The van der Waals surface area contributed by atoms with Gasteiger partial charge in [-0.3, -0.25) is 4.79 Å². The highest BCUT2D eigenvalue weighted by molar-refractivity contribution is 7.00. The molecule has 1 N–H and O–H groups in total. The van der Waals surface area contributed by atoms with Gasteiger partial charge in [-0.2, -0.15) is 8.75 Å². The van der Waals surface area contributed by atoms with Crippen molar-refractivity contribution in [1.82, 2.24) is 8.75 Å². The Morgan fingerprint density at radius 1 is 0.870 bits per heavy atom. The number of rotatable bonds is 7. The first-order valence-corrected chi connectivity index (χ1v) is 15.0. The number of ether oxygens (including phenoxy) is 5. The predicted molar refractivity (Wildman–Crippen MR) is 171 cm³/mol. The van der Waals surface area contributed by atoms with Gasteiger partial charge in [0.15, 0.2) is 11.5 Å². The average molecular weight is 639 g/mol. The summed E-state index contributed by atoms with van der Waals surface area (Å²) in [5.41, 5.74) is 6.52. The molecule has 1 atom stereocenters. The summed E-state index contributed by atoms with van der Waals surface area (Å²) in [6.45, 7) is 3.97. The molecule has 0 amide bonds.